The highest BCUT2D eigenvalue weighted by Gasteiger charge is 2.31. The fourth-order valence-corrected chi connectivity index (χ4v) is 1.98. The van der Waals surface area contributed by atoms with E-state index in [1.54, 1.807) is 13.0 Å². The molecule has 0 radical (unpaired) electrons. The molecule has 19 heavy (non-hydrogen) atoms. The molecular formula is C15H12FNO2. The quantitative estimate of drug-likeness (QED) is 0.766. The van der Waals surface area contributed by atoms with Crippen LogP contribution >= 0.6 is 0 Å². The zero-order valence-corrected chi connectivity index (χ0v) is 10.3. The van der Waals surface area contributed by atoms with Gasteiger partial charge in [-0.05, 0) is 36.8 Å². The van der Waals surface area contributed by atoms with Crippen LogP contribution in [-0.2, 0) is 5.60 Å². The highest BCUT2D eigenvalue weighted by molar-refractivity contribution is 5.72. The van der Waals surface area contributed by atoms with Gasteiger partial charge in [0.15, 0.2) is 11.2 Å². The zero-order valence-electron chi connectivity index (χ0n) is 10.3. The molecule has 4 heteroatoms. The number of hydrogen-bond donors (Lipinski definition) is 1. The molecule has 3 aromatic rings. The summed E-state index contributed by atoms with van der Waals surface area (Å²) in [5, 5.41) is 10.6. The molecule has 1 heterocycles. The normalized spacial score (nSPS) is 14.5. The lowest BCUT2D eigenvalue weighted by atomic mass is 9.96. The first-order chi connectivity index (χ1) is 9.07. The molecule has 0 aliphatic rings. The van der Waals surface area contributed by atoms with Crippen LogP contribution in [0.3, 0.4) is 0 Å². The Balaban J connectivity index is 2.10. The fraction of sp³-hybridized carbons (Fsp3) is 0.133. The Morgan fingerprint density at radius 1 is 1.11 bits per heavy atom. The van der Waals surface area contributed by atoms with E-state index in [2.05, 4.69) is 4.98 Å². The summed E-state index contributed by atoms with van der Waals surface area (Å²) in [6.45, 7) is 1.57. The third-order valence-electron chi connectivity index (χ3n) is 3.12. The Bertz CT molecular complexity index is 683. The number of benzene rings is 2. The molecule has 96 valence electrons. The molecule has 0 amide bonds. The standard InChI is InChI=1S/C15H12FNO2/c1-15(18,10-6-8-11(16)9-7-10)14-17-12-4-2-3-5-13(12)19-14/h2-9,18H,1H3. The van der Waals surface area contributed by atoms with Gasteiger partial charge in [0.05, 0.1) is 0 Å². The van der Waals surface area contributed by atoms with Crippen molar-refractivity contribution in [3.8, 4) is 0 Å². The topological polar surface area (TPSA) is 46.3 Å². The van der Waals surface area contributed by atoms with Gasteiger partial charge in [0.2, 0.25) is 5.89 Å². The van der Waals surface area contributed by atoms with Crippen LogP contribution in [0, 0.1) is 5.82 Å². The van der Waals surface area contributed by atoms with Gasteiger partial charge in [0.25, 0.3) is 0 Å². The number of oxazole rings is 1. The minimum atomic E-state index is -1.40. The lowest BCUT2D eigenvalue weighted by Crippen LogP contribution is -2.23. The summed E-state index contributed by atoms with van der Waals surface area (Å²) in [5.74, 6) is -0.155. The molecule has 1 aromatic heterocycles. The number of aliphatic hydroxyl groups is 1. The second-order valence-corrected chi connectivity index (χ2v) is 4.57. The highest BCUT2D eigenvalue weighted by Crippen LogP contribution is 2.30. The van der Waals surface area contributed by atoms with Gasteiger partial charge in [-0.15, -0.1) is 0 Å². The van der Waals surface area contributed by atoms with Crippen LogP contribution < -0.4 is 0 Å². The number of halogens is 1. The Kier molecular flexibility index (Phi) is 2.61. The van der Waals surface area contributed by atoms with Crippen LogP contribution in [0.2, 0.25) is 0 Å². The molecule has 0 saturated carbocycles. The van der Waals surface area contributed by atoms with Gasteiger partial charge in [-0.25, -0.2) is 9.37 Å². The summed E-state index contributed by atoms with van der Waals surface area (Å²) in [7, 11) is 0. The summed E-state index contributed by atoms with van der Waals surface area (Å²) >= 11 is 0. The summed E-state index contributed by atoms with van der Waals surface area (Å²) < 4.78 is 18.5. The van der Waals surface area contributed by atoms with E-state index >= 15 is 0 Å². The van der Waals surface area contributed by atoms with E-state index in [0.29, 0.717) is 16.7 Å². The third kappa shape index (κ3) is 2.00. The van der Waals surface area contributed by atoms with Crippen molar-refractivity contribution in [2.75, 3.05) is 0 Å². The summed E-state index contributed by atoms with van der Waals surface area (Å²) in [5.41, 5.74) is 0.424. The van der Waals surface area contributed by atoms with Gasteiger partial charge in [-0.1, -0.05) is 24.3 Å². The minimum absolute atomic E-state index is 0.195. The van der Waals surface area contributed by atoms with Crippen LogP contribution in [0.5, 0.6) is 0 Å². The monoisotopic (exact) mass is 257 g/mol. The molecule has 0 aliphatic heterocycles. The Morgan fingerprint density at radius 2 is 1.79 bits per heavy atom. The van der Waals surface area contributed by atoms with E-state index in [9.17, 15) is 9.50 Å². The molecule has 1 N–H and O–H groups in total. The van der Waals surface area contributed by atoms with Crippen molar-refractivity contribution in [2.24, 2.45) is 0 Å². The zero-order chi connectivity index (χ0) is 13.5. The summed E-state index contributed by atoms with van der Waals surface area (Å²) in [4.78, 5) is 4.27. The van der Waals surface area contributed by atoms with E-state index in [0.717, 1.165) is 0 Å². The SMILES string of the molecule is CC(O)(c1ccc(F)cc1)c1nc2ccccc2o1. The van der Waals surface area contributed by atoms with Gasteiger partial charge < -0.3 is 9.52 Å². The molecule has 0 fully saturated rings. The first kappa shape index (κ1) is 11.9. The number of fused-ring (bicyclic) bond motifs is 1. The van der Waals surface area contributed by atoms with Crippen LogP contribution in [-0.4, -0.2) is 10.1 Å². The largest absolute Gasteiger partial charge is 0.437 e. The first-order valence-corrected chi connectivity index (χ1v) is 5.92. The van der Waals surface area contributed by atoms with Crippen molar-refractivity contribution in [3.63, 3.8) is 0 Å². The molecule has 0 saturated heterocycles. The van der Waals surface area contributed by atoms with Crippen molar-refractivity contribution < 1.29 is 13.9 Å². The van der Waals surface area contributed by atoms with E-state index in [1.165, 1.54) is 24.3 Å². The van der Waals surface area contributed by atoms with Crippen molar-refractivity contribution >= 4 is 11.1 Å². The third-order valence-corrected chi connectivity index (χ3v) is 3.12. The van der Waals surface area contributed by atoms with Gasteiger partial charge in [0, 0.05) is 0 Å². The maximum Gasteiger partial charge on any atom is 0.231 e. The molecule has 3 rings (SSSR count). The summed E-state index contributed by atoms with van der Waals surface area (Å²) in [6, 6.07) is 12.9. The van der Waals surface area contributed by atoms with E-state index in [1.807, 2.05) is 18.2 Å². The Hall–Kier alpha value is -2.20. The predicted octanol–water partition coefficient (Wildman–Crippen LogP) is 3.22. The molecule has 0 aliphatic carbocycles. The predicted molar refractivity (Wildman–Crippen MR) is 69.1 cm³/mol. The lowest BCUT2D eigenvalue weighted by molar-refractivity contribution is 0.0726. The minimum Gasteiger partial charge on any atom is -0.437 e. The molecular weight excluding hydrogens is 245 g/mol. The van der Waals surface area contributed by atoms with E-state index in [-0.39, 0.29) is 11.7 Å². The van der Waals surface area contributed by atoms with E-state index < -0.39 is 5.60 Å². The lowest BCUT2D eigenvalue weighted by Gasteiger charge is -2.19. The van der Waals surface area contributed by atoms with Gasteiger partial charge in [0.1, 0.15) is 11.3 Å². The highest BCUT2D eigenvalue weighted by atomic mass is 19.1. The van der Waals surface area contributed by atoms with E-state index in [4.69, 9.17) is 4.42 Å². The fourth-order valence-electron chi connectivity index (χ4n) is 1.98. The van der Waals surface area contributed by atoms with Crippen LogP contribution in [0.15, 0.2) is 52.9 Å². The maximum absolute atomic E-state index is 12.9. The van der Waals surface area contributed by atoms with Crippen molar-refractivity contribution in [2.45, 2.75) is 12.5 Å². The van der Waals surface area contributed by atoms with Gasteiger partial charge >= 0.3 is 0 Å². The number of nitrogens with zero attached hydrogens (tertiary/aromatic N) is 1. The van der Waals surface area contributed by atoms with Gasteiger partial charge in [-0.2, -0.15) is 0 Å². The first-order valence-electron chi connectivity index (χ1n) is 5.92. The molecule has 1 unspecified atom stereocenters. The van der Waals surface area contributed by atoms with Crippen LogP contribution in [0.4, 0.5) is 4.39 Å². The average Bonchev–Trinajstić information content (AvgIpc) is 2.83. The van der Waals surface area contributed by atoms with Crippen LogP contribution in [0.1, 0.15) is 18.4 Å². The number of aromatic nitrogens is 1. The smallest absolute Gasteiger partial charge is 0.231 e. The molecule has 2 aromatic carbocycles. The molecule has 0 bridgehead atoms. The van der Waals surface area contributed by atoms with Crippen molar-refractivity contribution in [1.82, 2.24) is 4.98 Å². The second-order valence-electron chi connectivity index (χ2n) is 4.57. The number of rotatable bonds is 2. The van der Waals surface area contributed by atoms with Crippen LogP contribution in [0.25, 0.3) is 11.1 Å². The van der Waals surface area contributed by atoms with Crippen molar-refractivity contribution in [3.05, 3.63) is 65.8 Å². The number of para-hydroxylation sites is 2. The second kappa shape index (κ2) is 4.17. The Labute approximate surface area is 109 Å². The average molecular weight is 257 g/mol. The maximum atomic E-state index is 12.9. The Morgan fingerprint density at radius 3 is 2.47 bits per heavy atom. The molecule has 1 atom stereocenters. The molecule has 3 nitrogen and oxygen atoms in total. The van der Waals surface area contributed by atoms with Crippen molar-refractivity contribution in [1.29, 1.82) is 0 Å². The summed E-state index contributed by atoms with van der Waals surface area (Å²) in [6.07, 6.45) is 0. The van der Waals surface area contributed by atoms with Gasteiger partial charge in [-0.3, -0.25) is 0 Å². The molecule has 0 spiro atoms. The number of hydrogen-bond acceptors (Lipinski definition) is 3.